The SMILES string of the molecule is O=S(=O)(Nc1ccc(Oc2ccccc2)cc1)c1ccc(Br)s1. The first kappa shape index (κ1) is 16.0. The second kappa shape index (κ2) is 6.74. The Kier molecular flexibility index (Phi) is 4.70. The van der Waals surface area contributed by atoms with E-state index in [0.717, 1.165) is 20.9 Å². The van der Waals surface area contributed by atoms with Crippen LogP contribution >= 0.6 is 27.3 Å². The van der Waals surface area contributed by atoms with E-state index in [2.05, 4.69) is 20.7 Å². The summed E-state index contributed by atoms with van der Waals surface area (Å²) in [4.78, 5) is 0. The number of sulfonamides is 1. The van der Waals surface area contributed by atoms with Crippen LogP contribution in [0.2, 0.25) is 0 Å². The summed E-state index contributed by atoms with van der Waals surface area (Å²) < 4.78 is 33.7. The Morgan fingerprint density at radius 1 is 0.870 bits per heavy atom. The number of anilines is 1. The van der Waals surface area contributed by atoms with Gasteiger partial charge in [-0.1, -0.05) is 18.2 Å². The van der Waals surface area contributed by atoms with Crippen molar-refractivity contribution in [2.24, 2.45) is 0 Å². The van der Waals surface area contributed by atoms with E-state index < -0.39 is 10.0 Å². The second-order valence-corrected chi connectivity index (χ2v) is 8.98. The Hall–Kier alpha value is -1.83. The number of thiophene rings is 1. The number of ether oxygens (including phenoxy) is 1. The molecule has 118 valence electrons. The summed E-state index contributed by atoms with van der Waals surface area (Å²) in [6, 6.07) is 19.4. The van der Waals surface area contributed by atoms with E-state index in [1.54, 1.807) is 36.4 Å². The normalized spacial score (nSPS) is 11.2. The summed E-state index contributed by atoms with van der Waals surface area (Å²) in [5.74, 6) is 1.36. The van der Waals surface area contributed by atoms with Gasteiger partial charge >= 0.3 is 0 Å². The predicted molar refractivity (Wildman–Crippen MR) is 95.8 cm³/mol. The number of nitrogens with one attached hydrogen (secondary N) is 1. The molecule has 4 nitrogen and oxygen atoms in total. The molecule has 3 aromatic rings. The maximum Gasteiger partial charge on any atom is 0.271 e. The van der Waals surface area contributed by atoms with Gasteiger partial charge in [0.2, 0.25) is 0 Å². The Balaban J connectivity index is 1.72. The molecule has 0 aliphatic rings. The van der Waals surface area contributed by atoms with Gasteiger partial charge < -0.3 is 4.74 Å². The lowest BCUT2D eigenvalue weighted by Gasteiger charge is -2.08. The smallest absolute Gasteiger partial charge is 0.271 e. The molecule has 3 rings (SSSR count). The summed E-state index contributed by atoms with van der Waals surface area (Å²) in [5, 5.41) is 0. The van der Waals surface area contributed by atoms with Gasteiger partial charge in [0.1, 0.15) is 15.7 Å². The first-order valence-electron chi connectivity index (χ1n) is 6.64. The molecule has 0 aliphatic heterocycles. The molecule has 7 heteroatoms. The molecule has 23 heavy (non-hydrogen) atoms. The molecule has 0 bridgehead atoms. The van der Waals surface area contributed by atoms with Crippen molar-refractivity contribution in [3.05, 3.63) is 70.5 Å². The Morgan fingerprint density at radius 2 is 1.52 bits per heavy atom. The van der Waals surface area contributed by atoms with Crippen LogP contribution < -0.4 is 9.46 Å². The third kappa shape index (κ3) is 4.13. The van der Waals surface area contributed by atoms with Crippen LogP contribution in [0.3, 0.4) is 0 Å². The van der Waals surface area contributed by atoms with Gasteiger partial charge in [-0.3, -0.25) is 4.72 Å². The standard InChI is InChI=1S/C16H12BrNO3S2/c17-15-10-11-16(22-15)23(19,20)18-12-6-8-14(9-7-12)21-13-4-2-1-3-5-13/h1-11,18H. The van der Waals surface area contributed by atoms with E-state index >= 15 is 0 Å². The van der Waals surface area contributed by atoms with Crippen molar-refractivity contribution in [1.29, 1.82) is 0 Å². The molecule has 0 saturated heterocycles. The van der Waals surface area contributed by atoms with E-state index in [1.165, 1.54) is 0 Å². The minimum atomic E-state index is -3.57. The molecule has 1 heterocycles. The summed E-state index contributed by atoms with van der Waals surface area (Å²) in [5.41, 5.74) is 0.481. The molecule has 0 spiro atoms. The average Bonchev–Trinajstić information content (AvgIpc) is 2.98. The molecule has 0 amide bonds. The molecule has 2 aromatic carbocycles. The third-order valence-corrected chi connectivity index (χ3v) is 6.40. The van der Waals surface area contributed by atoms with Gasteiger partial charge in [0.05, 0.1) is 3.79 Å². The van der Waals surface area contributed by atoms with E-state index in [9.17, 15) is 8.42 Å². The van der Waals surface area contributed by atoms with Crippen molar-refractivity contribution in [3.8, 4) is 11.5 Å². The highest BCUT2D eigenvalue weighted by molar-refractivity contribution is 9.11. The third-order valence-electron chi connectivity index (χ3n) is 2.90. The van der Waals surface area contributed by atoms with Crippen LogP contribution in [0, 0.1) is 0 Å². The zero-order valence-electron chi connectivity index (χ0n) is 11.8. The molecule has 1 N–H and O–H groups in total. The fourth-order valence-electron chi connectivity index (χ4n) is 1.86. The summed E-state index contributed by atoms with van der Waals surface area (Å²) in [6.45, 7) is 0. The first-order valence-corrected chi connectivity index (χ1v) is 9.73. The molecular weight excluding hydrogens is 398 g/mol. The molecule has 0 atom stereocenters. The fourth-order valence-corrected chi connectivity index (χ4v) is 4.93. The Bertz CT molecular complexity index is 891. The number of hydrogen-bond donors (Lipinski definition) is 1. The largest absolute Gasteiger partial charge is 0.457 e. The monoisotopic (exact) mass is 409 g/mol. The highest BCUT2D eigenvalue weighted by Crippen LogP contribution is 2.28. The molecular formula is C16H12BrNO3S2. The lowest BCUT2D eigenvalue weighted by Crippen LogP contribution is -2.11. The summed E-state index contributed by atoms with van der Waals surface area (Å²) in [6.07, 6.45) is 0. The highest BCUT2D eigenvalue weighted by atomic mass is 79.9. The molecule has 0 saturated carbocycles. The fraction of sp³-hybridized carbons (Fsp3) is 0. The van der Waals surface area contributed by atoms with Gasteiger partial charge in [0.25, 0.3) is 10.0 Å². The number of rotatable bonds is 5. The van der Waals surface area contributed by atoms with Crippen molar-refractivity contribution in [1.82, 2.24) is 0 Å². The van der Waals surface area contributed by atoms with Crippen LogP contribution in [0.1, 0.15) is 0 Å². The summed E-state index contributed by atoms with van der Waals surface area (Å²) in [7, 11) is -3.57. The lowest BCUT2D eigenvalue weighted by atomic mass is 10.3. The molecule has 1 aromatic heterocycles. The van der Waals surface area contributed by atoms with Gasteiger partial charge in [-0.15, -0.1) is 11.3 Å². The van der Waals surface area contributed by atoms with Crippen molar-refractivity contribution >= 4 is 43.0 Å². The number of hydrogen-bond acceptors (Lipinski definition) is 4. The van der Waals surface area contributed by atoms with Gasteiger partial charge in [-0.05, 0) is 64.5 Å². The minimum absolute atomic E-state index is 0.258. The molecule has 0 aliphatic carbocycles. The van der Waals surface area contributed by atoms with Crippen molar-refractivity contribution in [2.45, 2.75) is 4.21 Å². The van der Waals surface area contributed by atoms with Gasteiger partial charge in [0.15, 0.2) is 0 Å². The van der Waals surface area contributed by atoms with Crippen LogP contribution in [0.25, 0.3) is 0 Å². The number of halogens is 1. The maximum absolute atomic E-state index is 12.2. The van der Waals surface area contributed by atoms with Crippen LogP contribution in [0.5, 0.6) is 11.5 Å². The lowest BCUT2D eigenvalue weighted by molar-refractivity contribution is 0.483. The zero-order valence-corrected chi connectivity index (χ0v) is 15.0. The van der Waals surface area contributed by atoms with E-state index in [1.807, 2.05) is 30.3 Å². The predicted octanol–water partition coefficient (Wildman–Crippen LogP) is 5.10. The molecule has 0 unspecified atom stereocenters. The Morgan fingerprint density at radius 3 is 2.13 bits per heavy atom. The van der Waals surface area contributed by atoms with Crippen LogP contribution in [0.4, 0.5) is 5.69 Å². The van der Waals surface area contributed by atoms with Crippen molar-refractivity contribution < 1.29 is 13.2 Å². The van der Waals surface area contributed by atoms with E-state index in [-0.39, 0.29) is 4.21 Å². The van der Waals surface area contributed by atoms with E-state index in [0.29, 0.717) is 11.4 Å². The molecule has 0 fully saturated rings. The average molecular weight is 410 g/mol. The van der Waals surface area contributed by atoms with E-state index in [4.69, 9.17) is 4.74 Å². The number of para-hydroxylation sites is 1. The Labute approximate surface area is 146 Å². The van der Waals surface area contributed by atoms with Gasteiger partial charge in [-0.2, -0.15) is 0 Å². The van der Waals surface area contributed by atoms with Gasteiger partial charge in [0, 0.05) is 5.69 Å². The number of benzene rings is 2. The van der Waals surface area contributed by atoms with Crippen molar-refractivity contribution in [3.63, 3.8) is 0 Å². The second-order valence-electron chi connectivity index (χ2n) is 4.60. The zero-order chi connectivity index (χ0) is 16.3. The topological polar surface area (TPSA) is 55.4 Å². The minimum Gasteiger partial charge on any atom is -0.457 e. The first-order chi connectivity index (χ1) is 11.0. The quantitative estimate of drug-likeness (QED) is 0.637. The van der Waals surface area contributed by atoms with Crippen LogP contribution in [0.15, 0.2) is 74.7 Å². The summed E-state index contributed by atoms with van der Waals surface area (Å²) >= 11 is 4.42. The van der Waals surface area contributed by atoms with Crippen LogP contribution in [-0.4, -0.2) is 8.42 Å². The highest BCUT2D eigenvalue weighted by Gasteiger charge is 2.16. The van der Waals surface area contributed by atoms with Crippen LogP contribution in [-0.2, 0) is 10.0 Å². The maximum atomic E-state index is 12.2. The van der Waals surface area contributed by atoms with Crippen molar-refractivity contribution in [2.75, 3.05) is 4.72 Å². The molecule has 0 radical (unpaired) electrons. The van der Waals surface area contributed by atoms with Gasteiger partial charge in [-0.25, -0.2) is 8.42 Å².